The molecular weight excluding hydrogens is 388 g/mol. The Kier molecular flexibility index (Phi) is 5.48. The second-order valence-corrected chi connectivity index (χ2v) is 7.67. The Morgan fingerprint density at radius 1 is 1.10 bits per heavy atom. The van der Waals surface area contributed by atoms with E-state index in [4.69, 9.17) is 9.52 Å². The molecule has 1 amide bonds. The van der Waals surface area contributed by atoms with Gasteiger partial charge in [-0.2, -0.15) is 5.10 Å². The molecule has 2 aliphatic heterocycles. The third-order valence-corrected chi connectivity index (χ3v) is 5.83. The highest BCUT2D eigenvalue weighted by molar-refractivity contribution is 6.00. The minimum absolute atomic E-state index is 0. The average molecular weight is 413 g/mol. The van der Waals surface area contributed by atoms with E-state index in [1.807, 2.05) is 55.6 Å². The number of rotatable bonds is 3. The van der Waals surface area contributed by atoms with Gasteiger partial charge in [-0.3, -0.25) is 4.79 Å². The average Bonchev–Trinajstić information content (AvgIpc) is 3.38. The normalized spacial score (nSPS) is 20.9. The molecule has 0 spiro atoms. The molecule has 4 heterocycles. The highest BCUT2D eigenvalue weighted by atomic mass is 35.5. The van der Waals surface area contributed by atoms with Crippen LogP contribution in [0.15, 0.2) is 53.1 Å². The van der Waals surface area contributed by atoms with Crippen molar-refractivity contribution in [1.29, 1.82) is 0 Å². The summed E-state index contributed by atoms with van der Waals surface area (Å²) in [6.07, 6.45) is 5.00. The molecule has 29 heavy (non-hydrogen) atoms. The Hall–Kier alpha value is -2.57. The number of carbonyl (C=O) groups is 1. The van der Waals surface area contributed by atoms with Crippen molar-refractivity contribution in [1.82, 2.24) is 20.0 Å². The summed E-state index contributed by atoms with van der Waals surface area (Å²) in [5.41, 5.74) is 2.14. The second kappa shape index (κ2) is 8.05. The first-order valence-electron chi connectivity index (χ1n) is 9.96. The van der Waals surface area contributed by atoms with E-state index in [0.29, 0.717) is 23.1 Å². The highest BCUT2D eigenvalue weighted by Gasteiger charge is 2.40. The number of para-hydroxylation sites is 1. The van der Waals surface area contributed by atoms with Gasteiger partial charge in [-0.25, -0.2) is 4.68 Å². The smallest absolute Gasteiger partial charge is 0.258 e. The van der Waals surface area contributed by atoms with Crippen LogP contribution in [0, 0.1) is 6.92 Å². The van der Waals surface area contributed by atoms with Crippen LogP contribution in [0.2, 0.25) is 0 Å². The van der Waals surface area contributed by atoms with E-state index < -0.39 is 0 Å². The summed E-state index contributed by atoms with van der Waals surface area (Å²) in [6.45, 7) is 3.74. The summed E-state index contributed by atoms with van der Waals surface area (Å²) < 4.78 is 7.61. The van der Waals surface area contributed by atoms with Crippen molar-refractivity contribution in [2.75, 3.05) is 13.1 Å². The van der Waals surface area contributed by atoms with Crippen LogP contribution in [-0.4, -0.2) is 45.8 Å². The van der Waals surface area contributed by atoms with Gasteiger partial charge in [0.05, 0.1) is 11.3 Å². The second-order valence-electron chi connectivity index (χ2n) is 7.67. The molecule has 2 unspecified atom stereocenters. The van der Waals surface area contributed by atoms with Gasteiger partial charge < -0.3 is 14.6 Å². The number of hydrogen-bond acceptors (Lipinski definition) is 4. The maximum atomic E-state index is 13.7. The van der Waals surface area contributed by atoms with Gasteiger partial charge in [0.2, 0.25) is 0 Å². The lowest BCUT2D eigenvalue weighted by Gasteiger charge is -2.27. The molecule has 2 aliphatic rings. The SMILES string of the molecule is Cc1ccc(-c2nn(-c3ccccc3)cc2C(=O)N2C3CCNCC2CC3)o1.Cl. The predicted octanol–water partition coefficient (Wildman–Crippen LogP) is 3.83. The summed E-state index contributed by atoms with van der Waals surface area (Å²) in [5, 5.41) is 8.20. The zero-order chi connectivity index (χ0) is 19.1. The van der Waals surface area contributed by atoms with Crippen molar-refractivity contribution >= 4 is 18.3 Å². The zero-order valence-electron chi connectivity index (χ0n) is 16.4. The summed E-state index contributed by atoms with van der Waals surface area (Å²) in [4.78, 5) is 15.8. The van der Waals surface area contributed by atoms with Crippen LogP contribution >= 0.6 is 12.4 Å². The van der Waals surface area contributed by atoms with Gasteiger partial charge in [0.25, 0.3) is 5.91 Å². The molecule has 2 aromatic heterocycles. The largest absolute Gasteiger partial charge is 0.460 e. The molecule has 7 heteroatoms. The van der Waals surface area contributed by atoms with Crippen molar-refractivity contribution in [3.05, 3.63) is 60.0 Å². The number of nitrogens with zero attached hydrogens (tertiary/aromatic N) is 3. The minimum atomic E-state index is 0. The molecule has 0 aliphatic carbocycles. The molecule has 5 rings (SSSR count). The fourth-order valence-corrected chi connectivity index (χ4v) is 4.44. The Balaban J connectivity index is 0.00000205. The fraction of sp³-hybridized carbons (Fsp3) is 0.364. The zero-order valence-corrected chi connectivity index (χ0v) is 17.2. The number of benzene rings is 1. The summed E-state index contributed by atoms with van der Waals surface area (Å²) >= 11 is 0. The third-order valence-electron chi connectivity index (χ3n) is 5.83. The first-order chi connectivity index (χ1) is 13.7. The summed E-state index contributed by atoms with van der Waals surface area (Å²) in [7, 11) is 0. The molecule has 6 nitrogen and oxygen atoms in total. The predicted molar refractivity (Wildman–Crippen MR) is 114 cm³/mol. The van der Waals surface area contributed by atoms with E-state index in [0.717, 1.165) is 43.8 Å². The van der Waals surface area contributed by atoms with Crippen molar-refractivity contribution in [2.45, 2.75) is 38.3 Å². The number of amides is 1. The first-order valence-corrected chi connectivity index (χ1v) is 9.96. The van der Waals surface area contributed by atoms with Crippen LogP contribution in [0.4, 0.5) is 0 Å². The monoisotopic (exact) mass is 412 g/mol. The van der Waals surface area contributed by atoms with E-state index in [2.05, 4.69) is 10.2 Å². The van der Waals surface area contributed by atoms with Crippen LogP contribution in [0.1, 0.15) is 35.4 Å². The molecule has 0 radical (unpaired) electrons. The number of hydrogen-bond donors (Lipinski definition) is 1. The lowest BCUT2D eigenvalue weighted by molar-refractivity contribution is 0.0681. The van der Waals surface area contributed by atoms with Crippen molar-refractivity contribution in [2.24, 2.45) is 0 Å². The van der Waals surface area contributed by atoms with E-state index in [9.17, 15) is 4.79 Å². The van der Waals surface area contributed by atoms with Gasteiger partial charge in [-0.05, 0) is 57.0 Å². The molecule has 2 bridgehead atoms. The lowest BCUT2D eigenvalue weighted by Crippen LogP contribution is -2.42. The van der Waals surface area contributed by atoms with Gasteiger partial charge in [0.15, 0.2) is 5.76 Å². The molecule has 2 atom stereocenters. The topological polar surface area (TPSA) is 63.3 Å². The van der Waals surface area contributed by atoms with Crippen LogP contribution in [0.3, 0.4) is 0 Å². The number of fused-ring (bicyclic) bond motifs is 2. The molecule has 3 aromatic rings. The molecule has 1 aromatic carbocycles. The first kappa shape index (κ1) is 19.7. The lowest BCUT2D eigenvalue weighted by atomic mass is 10.1. The van der Waals surface area contributed by atoms with Crippen molar-refractivity contribution < 1.29 is 9.21 Å². The van der Waals surface area contributed by atoms with Crippen LogP contribution in [0.5, 0.6) is 0 Å². The molecule has 0 saturated carbocycles. The Morgan fingerprint density at radius 3 is 2.66 bits per heavy atom. The van der Waals surface area contributed by atoms with Gasteiger partial charge in [-0.15, -0.1) is 12.4 Å². The summed E-state index contributed by atoms with van der Waals surface area (Å²) in [5.74, 6) is 1.50. The Labute approximate surface area is 176 Å². The number of aromatic nitrogens is 2. The number of furan rings is 1. The molecule has 2 fully saturated rings. The minimum Gasteiger partial charge on any atom is -0.460 e. The van der Waals surface area contributed by atoms with Crippen molar-refractivity contribution in [3.63, 3.8) is 0 Å². The van der Waals surface area contributed by atoms with Crippen LogP contribution in [0.25, 0.3) is 17.1 Å². The van der Waals surface area contributed by atoms with Crippen LogP contribution < -0.4 is 5.32 Å². The third kappa shape index (κ3) is 3.58. The number of aryl methyl sites for hydroxylation is 1. The van der Waals surface area contributed by atoms with E-state index in [1.165, 1.54) is 0 Å². The maximum absolute atomic E-state index is 13.7. The molecule has 152 valence electrons. The number of halogens is 1. The van der Waals surface area contributed by atoms with Gasteiger partial charge in [0, 0.05) is 24.8 Å². The molecule has 2 saturated heterocycles. The number of nitrogens with one attached hydrogen (secondary N) is 1. The summed E-state index contributed by atoms with van der Waals surface area (Å²) in [6, 6.07) is 14.2. The van der Waals surface area contributed by atoms with Gasteiger partial charge >= 0.3 is 0 Å². The van der Waals surface area contributed by atoms with E-state index in [-0.39, 0.29) is 24.4 Å². The Morgan fingerprint density at radius 2 is 1.90 bits per heavy atom. The van der Waals surface area contributed by atoms with Crippen LogP contribution in [-0.2, 0) is 0 Å². The highest BCUT2D eigenvalue weighted by Crippen LogP contribution is 2.33. The standard InChI is InChI=1S/C22H24N4O2.ClH/c1-15-7-10-20(28-15)21-19(14-25(24-21)16-5-3-2-4-6-16)22(27)26-17-8-9-18(26)13-23-12-11-17;/h2-7,10,14,17-18,23H,8-9,11-13H2,1H3;1H. The van der Waals surface area contributed by atoms with E-state index in [1.54, 1.807) is 4.68 Å². The molecular formula is C22H25ClN4O2. The Bertz CT molecular complexity index is 983. The van der Waals surface area contributed by atoms with E-state index >= 15 is 0 Å². The maximum Gasteiger partial charge on any atom is 0.258 e. The van der Waals surface area contributed by atoms with Gasteiger partial charge in [0.1, 0.15) is 11.5 Å². The molecule has 1 N–H and O–H groups in total. The quantitative estimate of drug-likeness (QED) is 0.710. The van der Waals surface area contributed by atoms with Crippen molar-refractivity contribution in [3.8, 4) is 17.1 Å². The number of carbonyl (C=O) groups excluding carboxylic acids is 1. The fourth-order valence-electron chi connectivity index (χ4n) is 4.44. The van der Waals surface area contributed by atoms with Gasteiger partial charge in [-0.1, -0.05) is 18.2 Å².